The van der Waals surface area contributed by atoms with Crippen LogP contribution in [0.3, 0.4) is 0 Å². The second-order valence-electron chi connectivity index (χ2n) is 41.1. The molecule has 4 atom stereocenters. The molecule has 8 aliphatic rings. The number of amides is 4. The van der Waals surface area contributed by atoms with Crippen molar-refractivity contribution in [3.63, 3.8) is 0 Å². The minimum absolute atomic E-state index is 0.297. The van der Waals surface area contributed by atoms with Gasteiger partial charge in [-0.15, -0.1) is 0 Å². The molecule has 4 amide bonds. The third-order valence-corrected chi connectivity index (χ3v) is 29.1. The van der Waals surface area contributed by atoms with E-state index >= 15 is 0 Å². The maximum absolute atomic E-state index is 14.2. The van der Waals surface area contributed by atoms with Gasteiger partial charge in [-0.2, -0.15) is 20.4 Å². The summed E-state index contributed by atoms with van der Waals surface area (Å²) in [6.45, 7) is 21.8. The van der Waals surface area contributed by atoms with E-state index in [2.05, 4.69) is 146 Å². The van der Waals surface area contributed by atoms with Crippen molar-refractivity contribution in [3.05, 3.63) is 254 Å². The Hall–Kier alpha value is -15.8. The Morgan fingerprint density at radius 2 is 0.570 bits per heavy atom. The highest BCUT2D eigenvalue weighted by molar-refractivity contribution is 6.15. The standard InChI is InChI=1S/C29H32FN7O.2C28H30FN7O.C27H28FN7O2/c1-29(30)9-12-37(19-29)26-8-6-23(17-32-26)33-28(38)27-24-14-21(5-7-25(24)34-35-27)22-13-20(15-31-16-22)18-36-10-3-2-4-11-36;1-28(29)8-11-36(18-28)25-7-5-22(16-31-25)32-27(37)26-23-13-20(4-6-24(23)33-34-26)21-12-19(14-30-15-21)17-35-9-2-3-10-35;1-28(29)9-12-36(18-28)25-8-6-21(16-31-25)32-27(37)26-23-14-19(5-7-24(23)33-34-26)20-13-22(17-30-15-20)35-10-3-2-4-11-35;1-27(28)6-7-35(17-27)24-5-3-20(15-30-24)31-26(36)25-22-13-18(2-4-23(22)32-33-25)19-12-21(16-29-14-19)34-8-10-37-11-9-34/h5-8,13-17H,2-4,9-12,18-19H2,1H3,(H,33,38)(H,34,35);4-7,12-16H,2-3,8-11,17-18H2,1H3,(H,32,37)(H,33,34);5-8,13-17H,2-4,9-12,18H2,1H3,(H,32,37)(H,33,34);2-5,12-16H,6-11,17H2,1H3,(H,31,36)(H,32,33). The first kappa shape index (κ1) is 99.2. The summed E-state index contributed by atoms with van der Waals surface area (Å²) in [7, 11) is 0. The molecule has 12 aromatic heterocycles. The monoisotopic (exact) mass is 2010 g/mol. The van der Waals surface area contributed by atoms with E-state index in [9.17, 15) is 36.7 Å². The van der Waals surface area contributed by atoms with Gasteiger partial charge in [-0.1, -0.05) is 30.7 Å². The van der Waals surface area contributed by atoms with Gasteiger partial charge in [0, 0.05) is 172 Å². The smallest absolute Gasteiger partial charge is 0.276 e. The van der Waals surface area contributed by atoms with Gasteiger partial charge < -0.3 is 55.4 Å². The number of pyridine rings is 8. The molecule has 0 spiro atoms. The van der Waals surface area contributed by atoms with Crippen molar-refractivity contribution in [3.8, 4) is 44.5 Å². The first-order chi connectivity index (χ1) is 72.3. The number of carbonyl (C=O) groups excluding carboxylic acids is 4. The van der Waals surface area contributed by atoms with Crippen LogP contribution < -0.4 is 50.7 Å². The van der Waals surface area contributed by atoms with Crippen LogP contribution in [0.15, 0.2) is 220 Å². The number of anilines is 10. The molecule has 149 heavy (non-hydrogen) atoms. The number of nitrogens with one attached hydrogen (secondary N) is 8. The van der Waals surface area contributed by atoms with Crippen molar-refractivity contribution < 1.29 is 41.5 Å². The van der Waals surface area contributed by atoms with E-state index in [1.807, 2.05) is 148 Å². The molecule has 8 saturated heterocycles. The van der Waals surface area contributed by atoms with Crippen LogP contribution in [-0.2, 0) is 17.8 Å². The fraction of sp³-hybridized carbons (Fsp3) is 0.357. The lowest BCUT2D eigenvalue weighted by Gasteiger charge is -2.28. The number of hydrogen-bond donors (Lipinski definition) is 8. The van der Waals surface area contributed by atoms with Crippen LogP contribution in [0.4, 0.5) is 75.0 Å². The topological polar surface area (TPSA) is 369 Å². The zero-order valence-corrected chi connectivity index (χ0v) is 83.9. The molecule has 0 bridgehead atoms. The van der Waals surface area contributed by atoms with Crippen molar-refractivity contribution in [2.45, 2.75) is 141 Å². The second kappa shape index (κ2) is 43.3. The predicted molar refractivity (Wildman–Crippen MR) is 574 cm³/mol. The Morgan fingerprint density at radius 3 is 0.852 bits per heavy atom. The van der Waals surface area contributed by atoms with Crippen molar-refractivity contribution >= 4 is 125 Å². The maximum Gasteiger partial charge on any atom is 0.276 e. The summed E-state index contributed by atoms with van der Waals surface area (Å²) in [6, 6.07) is 46.7. The molecule has 16 aromatic rings. The zero-order valence-electron chi connectivity index (χ0n) is 83.9. The third-order valence-electron chi connectivity index (χ3n) is 29.1. The lowest BCUT2D eigenvalue weighted by molar-refractivity contribution is 0.101. The Labute approximate surface area is 859 Å². The normalized spacial score (nSPS) is 20.1. The molecule has 0 aliphatic carbocycles. The quantitative estimate of drug-likeness (QED) is 0.0292. The second-order valence-corrected chi connectivity index (χ2v) is 41.1. The highest BCUT2D eigenvalue weighted by Gasteiger charge is 2.39. The molecule has 20 heterocycles. The number of piperidine rings is 2. The highest BCUT2D eigenvalue weighted by atomic mass is 19.2. The van der Waals surface area contributed by atoms with Gasteiger partial charge in [0.2, 0.25) is 0 Å². The van der Waals surface area contributed by atoms with Crippen LogP contribution in [0.1, 0.15) is 158 Å². The molecule has 8 aliphatic heterocycles. The highest BCUT2D eigenvalue weighted by Crippen LogP contribution is 2.39. The number of aromatic amines is 4. The number of rotatable bonds is 22. The van der Waals surface area contributed by atoms with Gasteiger partial charge in [-0.05, 0) is 254 Å². The summed E-state index contributed by atoms with van der Waals surface area (Å²) in [5, 5.41) is 43.4. The molecular formula is C112H120F4N28O5. The van der Waals surface area contributed by atoms with Crippen molar-refractivity contribution in [2.24, 2.45) is 0 Å². The Balaban J connectivity index is 0.000000116. The number of likely N-dealkylation sites (tertiary alicyclic amines) is 2. The summed E-state index contributed by atoms with van der Waals surface area (Å²) >= 11 is 0. The zero-order chi connectivity index (χ0) is 102. The summed E-state index contributed by atoms with van der Waals surface area (Å²) in [5.41, 5.74) is 14.2. The van der Waals surface area contributed by atoms with E-state index in [1.165, 1.54) is 62.5 Å². The molecule has 0 saturated carbocycles. The Bertz CT molecular complexity index is 7260. The maximum atomic E-state index is 14.2. The molecule has 0 radical (unpaired) electrons. The number of hydrogen-bond acceptors (Lipinski definition) is 25. The van der Waals surface area contributed by atoms with E-state index in [4.69, 9.17) is 4.74 Å². The first-order valence-electron chi connectivity index (χ1n) is 51.4. The lowest BCUT2D eigenvalue weighted by atomic mass is 10.0. The molecule has 37 heteroatoms. The van der Waals surface area contributed by atoms with E-state index in [-0.39, 0.29) is 23.6 Å². The van der Waals surface area contributed by atoms with Crippen LogP contribution in [0.5, 0.6) is 0 Å². The molecule has 24 rings (SSSR count). The van der Waals surface area contributed by atoms with Gasteiger partial charge >= 0.3 is 0 Å². The Morgan fingerprint density at radius 1 is 0.295 bits per heavy atom. The van der Waals surface area contributed by atoms with E-state index in [1.54, 1.807) is 94.9 Å². The fourth-order valence-corrected chi connectivity index (χ4v) is 20.8. The van der Waals surface area contributed by atoms with Gasteiger partial charge in [0.1, 0.15) is 45.9 Å². The SMILES string of the molecule is CC1(F)CCN(c2ccc(NC(=O)c3n[nH]c4ccc(-c5cncc(CN6CCCC6)c5)cc34)cn2)C1.CC1(F)CCN(c2ccc(NC(=O)c3n[nH]c4ccc(-c5cncc(CN6CCCCC6)c5)cc34)cn2)C1.CC1(F)CCN(c2ccc(NC(=O)c3n[nH]c4ccc(-c5cncc(N6CCCCC6)c5)cc34)cn2)C1.CC1(F)CCN(c2ccc(NC(=O)c3n[nH]c4ccc(-c5cncc(N6CCOCC6)c5)cc34)cn2)C1. The van der Waals surface area contributed by atoms with E-state index in [0.29, 0.717) is 160 Å². The minimum Gasteiger partial charge on any atom is -0.378 e. The van der Waals surface area contributed by atoms with Gasteiger partial charge in [0.05, 0.1) is 133 Å². The van der Waals surface area contributed by atoms with E-state index < -0.39 is 22.7 Å². The van der Waals surface area contributed by atoms with Gasteiger partial charge in [-0.3, -0.25) is 69.3 Å². The van der Waals surface area contributed by atoms with Crippen LogP contribution in [0.2, 0.25) is 0 Å². The Kier molecular flexibility index (Phi) is 28.9. The average Bonchev–Trinajstić information content (AvgIpc) is 1.68. The predicted octanol–water partition coefficient (Wildman–Crippen LogP) is 19.3. The number of alkyl halides is 4. The first-order valence-corrected chi connectivity index (χ1v) is 51.4. The number of H-pyrrole nitrogens is 4. The van der Waals surface area contributed by atoms with Crippen molar-refractivity contribution in [1.82, 2.24) is 90.5 Å². The molecule has 4 aromatic carbocycles. The van der Waals surface area contributed by atoms with Gasteiger partial charge in [0.15, 0.2) is 22.8 Å². The largest absolute Gasteiger partial charge is 0.378 e. The lowest BCUT2D eigenvalue weighted by Crippen LogP contribution is -2.36. The molecule has 33 nitrogen and oxygen atoms in total. The number of morpholine rings is 1. The summed E-state index contributed by atoms with van der Waals surface area (Å²) in [4.78, 5) is 105. The molecular weight excluding hydrogens is 1890 g/mol. The summed E-state index contributed by atoms with van der Waals surface area (Å²) in [5.74, 6) is 1.50. The van der Waals surface area contributed by atoms with Crippen LogP contribution in [0, 0.1) is 0 Å². The number of benzene rings is 4. The van der Waals surface area contributed by atoms with Gasteiger partial charge in [-0.25, -0.2) is 37.5 Å². The molecule has 8 fully saturated rings. The molecule has 4 unspecified atom stereocenters. The van der Waals surface area contributed by atoms with Crippen LogP contribution >= 0.6 is 0 Å². The number of halogens is 4. The van der Waals surface area contributed by atoms with E-state index in [0.717, 1.165) is 165 Å². The average molecular weight is 2010 g/mol. The number of aromatic nitrogens is 16. The fourth-order valence-electron chi connectivity index (χ4n) is 20.8. The number of ether oxygens (including phenoxy) is 1. The number of fused-ring (bicyclic) bond motifs is 4. The molecule has 8 N–H and O–H groups in total. The van der Waals surface area contributed by atoms with Crippen molar-refractivity contribution in [1.29, 1.82) is 0 Å². The summed E-state index contributed by atoms with van der Waals surface area (Å²) in [6.07, 6.45) is 33.4. The summed E-state index contributed by atoms with van der Waals surface area (Å²) < 4.78 is 62.2. The van der Waals surface area contributed by atoms with Crippen molar-refractivity contribution in [2.75, 3.05) is 169 Å². The number of carbonyl (C=O) groups is 4. The van der Waals surface area contributed by atoms with Gasteiger partial charge in [0.25, 0.3) is 23.6 Å². The minimum atomic E-state index is -1.20. The number of nitrogens with zero attached hydrogens (tertiary/aromatic N) is 20. The van der Waals surface area contributed by atoms with Crippen LogP contribution in [-0.4, -0.2) is 255 Å². The third kappa shape index (κ3) is 23.8. The molecule has 766 valence electrons. The van der Waals surface area contributed by atoms with Crippen LogP contribution in [0.25, 0.3) is 88.1 Å².